The second kappa shape index (κ2) is 7.68. The maximum Gasteiger partial charge on any atom is 0.123 e. The molecule has 0 heterocycles. The van der Waals surface area contributed by atoms with Crippen LogP contribution in [0.1, 0.15) is 63.9 Å². The van der Waals surface area contributed by atoms with Crippen LogP contribution < -0.4 is 10.1 Å². The van der Waals surface area contributed by atoms with Crippen LogP contribution in [0.15, 0.2) is 24.3 Å². The Kier molecular flexibility index (Phi) is 5.90. The number of hydrogen-bond acceptors (Lipinski definition) is 2. The molecule has 0 saturated heterocycles. The summed E-state index contributed by atoms with van der Waals surface area (Å²) in [7, 11) is 2.07. The SMILES string of the molecule is CNC1CCCCCCC1Oc1ccccc1C(C)C. The molecule has 1 aliphatic rings. The summed E-state index contributed by atoms with van der Waals surface area (Å²) in [5.41, 5.74) is 1.32. The first kappa shape index (κ1) is 15.4. The fourth-order valence-corrected chi connectivity index (χ4v) is 3.15. The lowest BCUT2D eigenvalue weighted by Crippen LogP contribution is -2.42. The predicted molar refractivity (Wildman–Crippen MR) is 85.5 cm³/mol. The monoisotopic (exact) mass is 275 g/mol. The summed E-state index contributed by atoms with van der Waals surface area (Å²) in [5, 5.41) is 3.47. The second-order valence-corrected chi connectivity index (χ2v) is 6.24. The van der Waals surface area contributed by atoms with Crippen LogP contribution in [0.4, 0.5) is 0 Å². The molecule has 112 valence electrons. The second-order valence-electron chi connectivity index (χ2n) is 6.24. The van der Waals surface area contributed by atoms with Crippen LogP contribution >= 0.6 is 0 Å². The van der Waals surface area contributed by atoms with Gasteiger partial charge in [0, 0.05) is 6.04 Å². The summed E-state index contributed by atoms with van der Waals surface area (Å²) in [6.07, 6.45) is 8.02. The minimum atomic E-state index is 0.306. The summed E-state index contributed by atoms with van der Waals surface area (Å²) in [4.78, 5) is 0. The molecule has 20 heavy (non-hydrogen) atoms. The first-order valence-corrected chi connectivity index (χ1v) is 8.15. The molecule has 1 aromatic carbocycles. The van der Waals surface area contributed by atoms with Gasteiger partial charge in [-0.05, 0) is 43.9 Å². The third-order valence-corrected chi connectivity index (χ3v) is 4.39. The number of nitrogens with one attached hydrogen (secondary N) is 1. The van der Waals surface area contributed by atoms with Crippen molar-refractivity contribution in [1.82, 2.24) is 5.32 Å². The van der Waals surface area contributed by atoms with Gasteiger partial charge in [0.15, 0.2) is 0 Å². The number of hydrogen-bond donors (Lipinski definition) is 1. The Balaban J connectivity index is 2.13. The van der Waals surface area contributed by atoms with Crippen LogP contribution in [0, 0.1) is 0 Å². The van der Waals surface area contributed by atoms with Crippen LogP contribution in [0.25, 0.3) is 0 Å². The smallest absolute Gasteiger partial charge is 0.123 e. The summed E-state index contributed by atoms with van der Waals surface area (Å²) in [6.45, 7) is 4.46. The van der Waals surface area contributed by atoms with Crippen molar-refractivity contribution < 1.29 is 4.74 Å². The normalized spacial score (nSPS) is 24.2. The highest BCUT2D eigenvalue weighted by atomic mass is 16.5. The van der Waals surface area contributed by atoms with Crippen LogP contribution in [0.2, 0.25) is 0 Å². The van der Waals surface area contributed by atoms with Crippen molar-refractivity contribution in [2.45, 2.75) is 70.4 Å². The van der Waals surface area contributed by atoms with Crippen molar-refractivity contribution in [3.63, 3.8) is 0 Å². The molecule has 2 atom stereocenters. The molecule has 2 unspecified atom stereocenters. The van der Waals surface area contributed by atoms with E-state index in [0.29, 0.717) is 18.1 Å². The number of para-hydroxylation sites is 1. The zero-order valence-corrected chi connectivity index (χ0v) is 13.2. The van der Waals surface area contributed by atoms with E-state index in [2.05, 4.69) is 50.5 Å². The maximum absolute atomic E-state index is 6.42. The topological polar surface area (TPSA) is 21.3 Å². The lowest BCUT2D eigenvalue weighted by molar-refractivity contribution is 0.129. The molecule has 1 fully saturated rings. The molecule has 0 radical (unpaired) electrons. The van der Waals surface area contributed by atoms with E-state index in [0.717, 1.165) is 12.2 Å². The molecular weight excluding hydrogens is 246 g/mol. The Labute approximate surface area is 123 Å². The summed E-state index contributed by atoms with van der Waals surface area (Å²) in [6, 6.07) is 8.99. The van der Waals surface area contributed by atoms with E-state index < -0.39 is 0 Å². The van der Waals surface area contributed by atoms with E-state index >= 15 is 0 Å². The predicted octanol–water partition coefficient (Wildman–Crippen LogP) is 4.50. The Morgan fingerprint density at radius 2 is 1.75 bits per heavy atom. The van der Waals surface area contributed by atoms with Gasteiger partial charge in [-0.1, -0.05) is 51.3 Å². The number of ether oxygens (including phenoxy) is 1. The highest BCUT2D eigenvalue weighted by Crippen LogP contribution is 2.29. The lowest BCUT2D eigenvalue weighted by Gasteiger charge is -2.30. The van der Waals surface area contributed by atoms with E-state index in [1.807, 2.05) is 0 Å². The Bertz CT molecular complexity index is 402. The van der Waals surface area contributed by atoms with Gasteiger partial charge in [-0.2, -0.15) is 0 Å². The van der Waals surface area contributed by atoms with Gasteiger partial charge in [0.2, 0.25) is 0 Å². The fraction of sp³-hybridized carbons (Fsp3) is 0.667. The van der Waals surface area contributed by atoms with Gasteiger partial charge in [0.05, 0.1) is 0 Å². The van der Waals surface area contributed by atoms with Crippen LogP contribution in [-0.2, 0) is 0 Å². The van der Waals surface area contributed by atoms with Crippen molar-refractivity contribution in [2.75, 3.05) is 7.05 Å². The molecule has 0 aliphatic heterocycles. The molecular formula is C18H29NO. The Morgan fingerprint density at radius 1 is 1.05 bits per heavy atom. The molecule has 0 amide bonds. The van der Waals surface area contributed by atoms with Crippen molar-refractivity contribution in [1.29, 1.82) is 0 Å². The number of benzene rings is 1. The fourth-order valence-electron chi connectivity index (χ4n) is 3.15. The maximum atomic E-state index is 6.42. The van der Waals surface area contributed by atoms with Crippen LogP contribution in [-0.4, -0.2) is 19.2 Å². The molecule has 2 heteroatoms. The van der Waals surface area contributed by atoms with Gasteiger partial charge in [-0.15, -0.1) is 0 Å². The minimum absolute atomic E-state index is 0.306. The van der Waals surface area contributed by atoms with Gasteiger partial charge in [-0.3, -0.25) is 0 Å². The molecule has 1 N–H and O–H groups in total. The van der Waals surface area contributed by atoms with Crippen molar-refractivity contribution in [3.05, 3.63) is 29.8 Å². The first-order valence-electron chi connectivity index (χ1n) is 8.15. The zero-order chi connectivity index (χ0) is 14.4. The lowest BCUT2D eigenvalue weighted by atomic mass is 9.94. The van der Waals surface area contributed by atoms with Gasteiger partial charge in [0.25, 0.3) is 0 Å². The third-order valence-electron chi connectivity index (χ3n) is 4.39. The van der Waals surface area contributed by atoms with E-state index in [-0.39, 0.29) is 0 Å². The average Bonchev–Trinajstić information content (AvgIpc) is 2.42. The van der Waals surface area contributed by atoms with E-state index in [1.54, 1.807) is 0 Å². The molecule has 1 aromatic rings. The van der Waals surface area contributed by atoms with Crippen molar-refractivity contribution in [3.8, 4) is 5.75 Å². The molecule has 2 rings (SSSR count). The van der Waals surface area contributed by atoms with Crippen molar-refractivity contribution in [2.24, 2.45) is 0 Å². The average molecular weight is 275 g/mol. The van der Waals surface area contributed by atoms with Gasteiger partial charge in [0.1, 0.15) is 11.9 Å². The summed E-state index contributed by atoms with van der Waals surface area (Å²) in [5.74, 6) is 1.58. The van der Waals surface area contributed by atoms with E-state index in [4.69, 9.17) is 4.74 Å². The van der Waals surface area contributed by atoms with Crippen molar-refractivity contribution >= 4 is 0 Å². The molecule has 0 aromatic heterocycles. The molecule has 0 spiro atoms. The molecule has 0 bridgehead atoms. The van der Waals surface area contributed by atoms with E-state index in [9.17, 15) is 0 Å². The minimum Gasteiger partial charge on any atom is -0.489 e. The third kappa shape index (κ3) is 3.99. The zero-order valence-electron chi connectivity index (χ0n) is 13.2. The Hall–Kier alpha value is -1.02. The molecule has 2 nitrogen and oxygen atoms in total. The van der Waals surface area contributed by atoms with Gasteiger partial charge < -0.3 is 10.1 Å². The number of rotatable bonds is 4. The number of likely N-dealkylation sites (N-methyl/N-ethyl adjacent to an activating group) is 1. The molecule has 1 aliphatic carbocycles. The first-order chi connectivity index (χ1) is 9.72. The van der Waals surface area contributed by atoms with Gasteiger partial charge >= 0.3 is 0 Å². The Morgan fingerprint density at radius 3 is 2.45 bits per heavy atom. The highest BCUT2D eigenvalue weighted by Gasteiger charge is 2.24. The summed E-state index contributed by atoms with van der Waals surface area (Å²) < 4.78 is 6.42. The quantitative estimate of drug-likeness (QED) is 0.873. The summed E-state index contributed by atoms with van der Waals surface area (Å²) >= 11 is 0. The molecule has 1 saturated carbocycles. The largest absolute Gasteiger partial charge is 0.489 e. The van der Waals surface area contributed by atoms with Crippen LogP contribution in [0.5, 0.6) is 5.75 Å². The standard InChI is InChI=1S/C18H29NO/c1-14(2)15-10-8-9-12-17(15)20-18-13-7-5-4-6-11-16(18)19-3/h8-10,12,14,16,18-19H,4-7,11,13H2,1-3H3. The van der Waals surface area contributed by atoms with E-state index in [1.165, 1.54) is 37.7 Å². The van der Waals surface area contributed by atoms with Crippen LogP contribution in [0.3, 0.4) is 0 Å². The van der Waals surface area contributed by atoms with Gasteiger partial charge in [-0.25, -0.2) is 0 Å². The highest BCUT2D eigenvalue weighted by molar-refractivity contribution is 5.35.